The molecule has 1 aliphatic heterocycles. The largest absolute Gasteiger partial charge is 0.497 e. The number of methoxy groups -OCH3 is 1. The maximum absolute atomic E-state index is 13.0. The molecule has 0 bridgehead atoms. The van der Waals surface area contributed by atoms with E-state index in [0.29, 0.717) is 19.6 Å². The number of piperazine rings is 1. The van der Waals surface area contributed by atoms with Crippen molar-refractivity contribution in [1.29, 1.82) is 0 Å². The summed E-state index contributed by atoms with van der Waals surface area (Å²) in [5.41, 5.74) is 2.21. The van der Waals surface area contributed by atoms with Crippen molar-refractivity contribution >= 4 is 11.6 Å². The van der Waals surface area contributed by atoms with Gasteiger partial charge in [-0.2, -0.15) is 0 Å². The zero-order valence-corrected chi connectivity index (χ0v) is 15.7. The van der Waals surface area contributed by atoms with Gasteiger partial charge in [-0.1, -0.05) is 12.1 Å². The molecule has 27 heavy (non-hydrogen) atoms. The number of anilines is 1. The molecule has 1 amide bonds. The second-order valence-corrected chi connectivity index (χ2v) is 6.62. The Morgan fingerprint density at radius 2 is 1.70 bits per heavy atom. The van der Waals surface area contributed by atoms with E-state index < -0.39 is 0 Å². The Kier molecular flexibility index (Phi) is 6.65. The summed E-state index contributed by atoms with van der Waals surface area (Å²) in [6, 6.07) is 14.5. The molecule has 6 heteroatoms. The third-order valence-electron chi connectivity index (χ3n) is 4.85. The summed E-state index contributed by atoms with van der Waals surface area (Å²) >= 11 is 0. The molecule has 1 saturated heterocycles. The third kappa shape index (κ3) is 5.44. The van der Waals surface area contributed by atoms with E-state index in [1.807, 2.05) is 29.2 Å². The van der Waals surface area contributed by atoms with Crippen LogP contribution >= 0.6 is 0 Å². The zero-order chi connectivity index (χ0) is 19.1. The normalized spacial score (nSPS) is 14.3. The van der Waals surface area contributed by atoms with Gasteiger partial charge in [0, 0.05) is 31.9 Å². The average Bonchev–Trinajstić information content (AvgIpc) is 2.72. The Bertz CT molecular complexity index is 726. The summed E-state index contributed by atoms with van der Waals surface area (Å²) in [6.07, 6.45) is 0.871. The van der Waals surface area contributed by atoms with E-state index in [9.17, 15) is 9.18 Å². The number of hydrogen-bond acceptors (Lipinski definition) is 4. The average molecular weight is 371 g/mol. The van der Waals surface area contributed by atoms with Gasteiger partial charge in [0.25, 0.3) is 0 Å². The molecule has 1 N–H and O–H groups in total. The Morgan fingerprint density at radius 3 is 2.33 bits per heavy atom. The molecule has 0 aliphatic carbocycles. The van der Waals surface area contributed by atoms with Gasteiger partial charge in [-0.15, -0.1) is 0 Å². The highest BCUT2D eigenvalue weighted by Gasteiger charge is 2.20. The number of carbonyl (C=O) groups excluding carboxylic acids is 1. The lowest BCUT2D eigenvalue weighted by Crippen LogP contribution is -2.51. The first kappa shape index (κ1) is 19.2. The third-order valence-corrected chi connectivity index (χ3v) is 4.85. The van der Waals surface area contributed by atoms with Gasteiger partial charge in [0.15, 0.2) is 0 Å². The number of hydrogen-bond donors (Lipinski definition) is 1. The van der Waals surface area contributed by atoms with Crippen LogP contribution in [0.25, 0.3) is 0 Å². The van der Waals surface area contributed by atoms with Crippen LogP contribution in [0, 0.1) is 5.82 Å². The van der Waals surface area contributed by atoms with E-state index in [1.165, 1.54) is 17.7 Å². The summed E-state index contributed by atoms with van der Waals surface area (Å²) in [6.45, 7) is 4.03. The Labute approximate surface area is 159 Å². The van der Waals surface area contributed by atoms with Crippen LogP contribution in [-0.2, 0) is 11.2 Å². The molecule has 2 aromatic rings. The fourth-order valence-corrected chi connectivity index (χ4v) is 3.20. The first-order valence-electron chi connectivity index (χ1n) is 9.27. The summed E-state index contributed by atoms with van der Waals surface area (Å²) in [4.78, 5) is 16.4. The first-order valence-corrected chi connectivity index (χ1v) is 9.27. The van der Waals surface area contributed by atoms with E-state index >= 15 is 0 Å². The molecule has 1 heterocycles. The highest BCUT2D eigenvalue weighted by Crippen LogP contribution is 2.17. The molecule has 2 aromatic carbocycles. The van der Waals surface area contributed by atoms with E-state index in [-0.39, 0.29) is 11.7 Å². The lowest BCUT2D eigenvalue weighted by atomic mass is 10.1. The predicted molar refractivity (Wildman–Crippen MR) is 105 cm³/mol. The zero-order valence-electron chi connectivity index (χ0n) is 15.7. The molecule has 0 unspecified atom stereocenters. The van der Waals surface area contributed by atoms with Gasteiger partial charge in [0.05, 0.1) is 13.7 Å². The SMILES string of the molecule is COc1ccc(CCNCC(=O)N2CCN(c3ccc(F)cc3)CC2)cc1. The van der Waals surface area contributed by atoms with Crippen LogP contribution in [0.15, 0.2) is 48.5 Å². The molecule has 1 aliphatic rings. The van der Waals surface area contributed by atoms with E-state index in [0.717, 1.165) is 37.5 Å². The monoisotopic (exact) mass is 371 g/mol. The van der Waals surface area contributed by atoms with Crippen molar-refractivity contribution in [3.63, 3.8) is 0 Å². The molecular formula is C21H26FN3O2. The summed E-state index contributed by atoms with van der Waals surface area (Å²) in [5.74, 6) is 0.749. The van der Waals surface area contributed by atoms with Crippen LogP contribution in [-0.4, -0.2) is 57.2 Å². The van der Waals surface area contributed by atoms with Crippen molar-refractivity contribution in [1.82, 2.24) is 10.2 Å². The maximum atomic E-state index is 13.0. The quantitative estimate of drug-likeness (QED) is 0.759. The summed E-state index contributed by atoms with van der Waals surface area (Å²) < 4.78 is 18.2. The van der Waals surface area contributed by atoms with Crippen LogP contribution in [0.1, 0.15) is 5.56 Å². The molecule has 1 fully saturated rings. The minimum Gasteiger partial charge on any atom is -0.497 e. The van der Waals surface area contributed by atoms with Crippen molar-refractivity contribution in [2.75, 3.05) is 51.3 Å². The van der Waals surface area contributed by atoms with Crippen molar-refractivity contribution in [2.45, 2.75) is 6.42 Å². The fraction of sp³-hybridized carbons (Fsp3) is 0.381. The molecule has 0 spiro atoms. The summed E-state index contributed by atoms with van der Waals surface area (Å²) in [7, 11) is 1.65. The number of rotatable bonds is 7. The van der Waals surface area contributed by atoms with Gasteiger partial charge >= 0.3 is 0 Å². The van der Waals surface area contributed by atoms with Gasteiger partial charge in [-0.25, -0.2) is 4.39 Å². The molecule has 5 nitrogen and oxygen atoms in total. The Balaban J connectivity index is 1.36. The molecule has 3 rings (SSSR count). The summed E-state index contributed by atoms with van der Waals surface area (Å²) in [5, 5.41) is 3.23. The number of ether oxygens (including phenoxy) is 1. The van der Waals surface area contributed by atoms with Gasteiger partial charge in [0.2, 0.25) is 5.91 Å². The first-order chi connectivity index (χ1) is 13.2. The van der Waals surface area contributed by atoms with Gasteiger partial charge in [-0.05, 0) is 54.9 Å². The number of benzene rings is 2. The molecule has 0 saturated carbocycles. The number of halogens is 1. The fourth-order valence-electron chi connectivity index (χ4n) is 3.20. The molecular weight excluding hydrogens is 345 g/mol. The van der Waals surface area contributed by atoms with Crippen molar-refractivity contribution < 1.29 is 13.9 Å². The van der Waals surface area contributed by atoms with Crippen LogP contribution in [0.3, 0.4) is 0 Å². The predicted octanol–water partition coefficient (Wildman–Crippen LogP) is 2.32. The topological polar surface area (TPSA) is 44.8 Å². The molecule has 0 atom stereocenters. The smallest absolute Gasteiger partial charge is 0.236 e. The minimum absolute atomic E-state index is 0.128. The van der Waals surface area contributed by atoms with Gasteiger partial charge < -0.3 is 19.9 Å². The number of carbonyl (C=O) groups is 1. The van der Waals surface area contributed by atoms with Gasteiger partial charge in [-0.3, -0.25) is 4.79 Å². The standard InChI is InChI=1S/C21H26FN3O2/c1-27-20-8-2-17(3-9-20)10-11-23-16-21(26)25-14-12-24(13-15-25)19-6-4-18(22)5-7-19/h2-9,23H,10-16H2,1H3. The number of nitrogens with one attached hydrogen (secondary N) is 1. The maximum Gasteiger partial charge on any atom is 0.236 e. The van der Waals surface area contributed by atoms with Crippen molar-refractivity contribution in [3.8, 4) is 5.75 Å². The molecule has 0 aromatic heterocycles. The van der Waals surface area contributed by atoms with E-state index in [4.69, 9.17) is 4.74 Å². The number of amides is 1. The Hall–Kier alpha value is -2.60. The highest BCUT2D eigenvalue weighted by molar-refractivity contribution is 5.78. The van der Waals surface area contributed by atoms with E-state index in [1.54, 1.807) is 19.2 Å². The van der Waals surface area contributed by atoms with Crippen LogP contribution in [0.5, 0.6) is 5.75 Å². The molecule has 144 valence electrons. The molecule has 0 radical (unpaired) electrons. The number of nitrogens with zero attached hydrogens (tertiary/aromatic N) is 2. The van der Waals surface area contributed by atoms with Crippen LogP contribution < -0.4 is 15.0 Å². The van der Waals surface area contributed by atoms with Crippen LogP contribution in [0.4, 0.5) is 10.1 Å². The second kappa shape index (κ2) is 9.37. The second-order valence-electron chi connectivity index (χ2n) is 6.62. The van der Waals surface area contributed by atoms with Crippen molar-refractivity contribution in [2.24, 2.45) is 0 Å². The minimum atomic E-state index is -0.228. The van der Waals surface area contributed by atoms with Crippen molar-refractivity contribution in [3.05, 3.63) is 59.9 Å². The lowest BCUT2D eigenvalue weighted by Gasteiger charge is -2.36. The van der Waals surface area contributed by atoms with Crippen LogP contribution in [0.2, 0.25) is 0 Å². The lowest BCUT2D eigenvalue weighted by molar-refractivity contribution is -0.130. The Morgan fingerprint density at radius 1 is 1.04 bits per heavy atom. The van der Waals surface area contributed by atoms with Gasteiger partial charge in [0.1, 0.15) is 11.6 Å². The highest BCUT2D eigenvalue weighted by atomic mass is 19.1. The van der Waals surface area contributed by atoms with E-state index in [2.05, 4.69) is 10.2 Å².